The lowest BCUT2D eigenvalue weighted by atomic mass is 10.0. The maximum Gasteiger partial charge on any atom is 0.255 e. The van der Waals surface area contributed by atoms with Gasteiger partial charge in [0.05, 0.1) is 24.7 Å². The molecule has 2 aliphatic rings. The first-order chi connectivity index (χ1) is 16.0. The zero-order valence-electron chi connectivity index (χ0n) is 17.9. The van der Waals surface area contributed by atoms with Crippen LogP contribution >= 0.6 is 11.8 Å². The summed E-state index contributed by atoms with van der Waals surface area (Å²) in [5.41, 5.74) is 2.98. The number of benzene rings is 2. The summed E-state index contributed by atoms with van der Waals surface area (Å²) in [6, 6.07) is 12.6. The Morgan fingerprint density at radius 1 is 1.18 bits per heavy atom. The number of hydrogen-bond donors (Lipinski definition) is 1. The SMILES string of the molecule is COc1ccccc1SCc1cn(-c2ccc3c(c2)CN(C2CCC(=O)NC2=O)C3=O)nn1. The molecule has 2 aromatic carbocycles. The third kappa shape index (κ3) is 4.09. The van der Waals surface area contributed by atoms with Gasteiger partial charge in [-0.1, -0.05) is 17.3 Å². The van der Waals surface area contributed by atoms with E-state index in [2.05, 4.69) is 15.6 Å². The number of amides is 3. The summed E-state index contributed by atoms with van der Waals surface area (Å²) in [5, 5.41) is 10.8. The smallest absolute Gasteiger partial charge is 0.255 e. The number of nitrogens with zero attached hydrogens (tertiary/aromatic N) is 4. The summed E-state index contributed by atoms with van der Waals surface area (Å²) in [6.45, 7) is 0.319. The molecule has 2 aliphatic heterocycles. The maximum atomic E-state index is 12.9. The highest BCUT2D eigenvalue weighted by Crippen LogP contribution is 2.31. The molecule has 3 aromatic rings. The Morgan fingerprint density at radius 2 is 2.03 bits per heavy atom. The Morgan fingerprint density at radius 3 is 2.85 bits per heavy atom. The monoisotopic (exact) mass is 463 g/mol. The van der Waals surface area contributed by atoms with Crippen molar-refractivity contribution < 1.29 is 19.1 Å². The van der Waals surface area contributed by atoms with E-state index in [1.807, 2.05) is 42.6 Å². The van der Waals surface area contributed by atoms with E-state index >= 15 is 0 Å². The molecule has 9 nitrogen and oxygen atoms in total. The molecule has 5 rings (SSSR count). The van der Waals surface area contributed by atoms with Gasteiger partial charge in [-0.25, -0.2) is 4.68 Å². The van der Waals surface area contributed by atoms with Gasteiger partial charge in [-0.3, -0.25) is 19.7 Å². The van der Waals surface area contributed by atoms with Crippen molar-refractivity contribution in [2.75, 3.05) is 7.11 Å². The lowest BCUT2D eigenvalue weighted by Crippen LogP contribution is -2.52. The molecule has 1 saturated heterocycles. The van der Waals surface area contributed by atoms with Gasteiger partial charge in [0.2, 0.25) is 11.8 Å². The minimum absolute atomic E-state index is 0.196. The Balaban J connectivity index is 1.30. The number of carbonyl (C=O) groups excluding carboxylic acids is 3. The van der Waals surface area contributed by atoms with Crippen molar-refractivity contribution >= 4 is 29.5 Å². The highest BCUT2D eigenvalue weighted by Gasteiger charge is 2.39. The van der Waals surface area contributed by atoms with Crippen LogP contribution in [0, 0.1) is 0 Å². The minimum Gasteiger partial charge on any atom is -0.496 e. The van der Waals surface area contributed by atoms with Crippen LogP contribution in [-0.4, -0.2) is 50.8 Å². The van der Waals surface area contributed by atoms with Crippen LogP contribution in [0.5, 0.6) is 5.75 Å². The molecule has 0 radical (unpaired) electrons. The molecule has 0 saturated carbocycles. The number of aromatic nitrogens is 3. The molecule has 10 heteroatoms. The first kappa shape index (κ1) is 21.2. The van der Waals surface area contributed by atoms with Crippen molar-refractivity contribution in [3.05, 3.63) is 65.5 Å². The van der Waals surface area contributed by atoms with Crippen LogP contribution in [0.1, 0.15) is 34.5 Å². The second-order valence-electron chi connectivity index (χ2n) is 7.84. The molecule has 0 bridgehead atoms. The summed E-state index contributed by atoms with van der Waals surface area (Å²) in [7, 11) is 1.65. The van der Waals surface area contributed by atoms with E-state index in [1.165, 1.54) is 4.90 Å². The first-order valence-corrected chi connectivity index (χ1v) is 11.5. The molecule has 1 N–H and O–H groups in total. The number of fused-ring (bicyclic) bond motifs is 1. The Bertz CT molecular complexity index is 1260. The van der Waals surface area contributed by atoms with Crippen LogP contribution in [0.3, 0.4) is 0 Å². The molecule has 0 spiro atoms. The standard InChI is InChI=1S/C23H21N5O4S/c1-32-19-4-2-3-5-20(19)33-13-15-12-28(26-25-15)16-6-7-17-14(10-16)11-27(23(17)31)18-8-9-21(29)24-22(18)30/h2-7,10,12,18H,8-9,11,13H2,1H3,(H,24,29,30). The van der Waals surface area contributed by atoms with E-state index in [1.54, 1.807) is 29.6 Å². The largest absolute Gasteiger partial charge is 0.496 e. The molecule has 3 heterocycles. The van der Waals surface area contributed by atoms with Crippen molar-refractivity contribution in [1.29, 1.82) is 0 Å². The third-order valence-electron chi connectivity index (χ3n) is 5.76. The summed E-state index contributed by atoms with van der Waals surface area (Å²) >= 11 is 1.62. The molecule has 0 aliphatic carbocycles. The highest BCUT2D eigenvalue weighted by atomic mass is 32.2. The fourth-order valence-corrected chi connectivity index (χ4v) is 4.99. The average molecular weight is 464 g/mol. The van der Waals surface area contributed by atoms with E-state index in [9.17, 15) is 14.4 Å². The molecule has 1 atom stereocenters. The van der Waals surface area contributed by atoms with E-state index in [0.717, 1.165) is 27.6 Å². The first-order valence-electron chi connectivity index (χ1n) is 10.5. The molecule has 33 heavy (non-hydrogen) atoms. The van der Waals surface area contributed by atoms with Gasteiger partial charge in [0, 0.05) is 29.2 Å². The van der Waals surface area contributed by atoms with Gasteiger partial charge in [-0.05, 0) is 42.3 Å². The summed E-state index contributed by atoms with van der Waals surface area (Å²) < 4.78 is 7.07. The highest BCUT2D eigenvalue weighted by molar-refractivity contribution is 7.98. The van der Waals surface area contributed by atoms with Crippen molar-refractivity contribution in [3.63, 3.8) is 0 Å². The number of rotatable bonds is 6. The van der Waals surface area contributed by atoms with E-state index in [-0.39, 0.29) is 18.2 Å². The van der Waals surface area contributed by atoms with Crippen LogP contribution in [0.4, 0.5) is 0 Å². The zero-order chi connectivity index (χ0) is 22.9. The van der Waals surface area contributed by atoms with E-state index in [0.29, 0.717) is 24.3 Å². The van der Waals surface area contributed by atoms with Crippen LogP contribution < -0.4 is 10.1 Å². The Kier molecular flexibility index (Phi) is 5.59. The Labute approximate surface area is 194 Å². The van der Waals surface area contributed by atoms with Crippen LogP contribution in [-0.2, 0) is 21.9 Å². The van der Waals surface area contributed by atoms with Gasteiger partial charge in [0.15, 0.2) is 0 Å². The van der Waals surface area contributed by atoms with Crippen LogP contribution in [0.15, 0.2) is 53.6 Å². The van der Waals surface area contributed by atoms with Crippen molar-refractivity contribution in [2.24, 2.45) is 0 Å². The van der Waals surface area contributed by atoms with Gasteiger partial charge in [0.1, 0.15) is 11.8 Å². The fourth-order valence-electron chi connectivity index (χ4n) is 4.08. The van der Waals surface area contributed by atoms with E-state index < -0.39 is 11.9 Å². The molecular weight excluding hydrogens is 442 g/mol. The second-order valence-corrected chi connectivity index (χ2v) is 8.85. The van der Waals surface area contributed by atoms with Gasteiger partial charge in [-0.15, -0.1) is 16.9 Å². The van der Waals surface area contributed by atoms with Gasteiger partial charge >= 0.3 is 0 Å². The minimum atomic E-state index is -0.629. The average Bonchev–Trinajstić information content (AvgIpc) is 3.42. The van der Waals surface area contributed by atoms with Crippen LogP contribution in [0.25, 0.3) is 5.69 Å². The molecule has 3 amide bonds. The van der Waals surface area contributed by atoms with Gasteiger partial charge < -0.3 is 9.64 Å². The number of hydrogen-bond acceptors (Lipinski definition) is 7. The van der Waals surface area contributed by atoms with Crippen molar-refractivity contribution in [1.82, 2.24) is 25.2 Å². The molecule has 168 valence electrons. The van der Waals surface area contributed by atoms with Crippen molar-refractivity contribution in [2.45, 2.75) is 36.1 Å². The summed E-state index contributed by atoms with van der Waals surface area (Å²) in [5.74, 6) is 0.541. The number of piperidine rings is 1. The second kappa shape index (κ2) is 8.70. The zero-order valence-corrected chi connectivity index (χ0v) is 18.7. The lowest BCUT2D eigenvalue weighted by Gasteiger charge is -2.29. The lowest BCUT2D eigenvalue weighted by molar-refractivity contribution is -0.136. The number of carbonyl (C=O) groups is 3. The summed E-state index contributed by atoms with van der Waals surface area (Å²) in [6.07, 6.45) is 2.43. The molecule has 1 aromatic heterocycles. The van der Waals surface area contributed by atoms with Gasteiger partial charge in [-0.2, -0.15) is 0 Å². The Hall–Kier alpha value is -3.66. The molecule has 1 fully saturated rings. The topological polar surface area (TPSA) is 106 Å². The van der Waals surface area contributed by atoms with Crippen LogP contribution in [0.2, 0.25) is 0 Å². The van der Waals surface area contributed by atoms with E-state index in [4.69, 9.17) is 4.74 Å². The summed E-state index contributed by atoms with van der Waals surface area (Å²) in [4.78, 5) is 39.1. The number of thioether (sulfide) groups is 1. The fraction of sp³-hybridized carbons (Fsp3) is 0.261. The number of para-hydroxylation sites is 1. The predicted molar refractivity (Wildman–Crippen MR) is 120 cm³/mol. The third-order valence-corrected chi connectivity index (χ3v) is 6.85. The number of methoxy groups -OCH3 is 1. The predicted octanol–water partition coefficient (Wildman–Crippen LogP) is 2.33. The molecular formula is C23H21N5O4S. The quantitative estimate of drug-likeness (QED) is 0.442. The maximum absolute atomic E-state index is 12.9. The number of ether oxygens (including phenoxy) is 1. The number of nitrogens with one attached hydrogen (secondary N) is 1. The van der Waals surface area contributed by atoms with Crippen molar-refractivity contribution in [3.8, 4) is 11.4 Å². The number of imide groups is 1. The molecule has 1 unspecified atom stereocenters. The van der Waals surface area contributed by atoms with Gasteiger partial charge in [0.25, 0.3) is 5.91 Å². The normalized spacial score (nSPS) is 17.8.